The maximum absolute atomic E-state index is 13.3. The molecule has 0 radical (unpaired) electrons. The Morgan fingerprint density at radius 3 is 2.40 bits per heavy atom. The zero-order chi connectivity index (χ0) is 22.3. The van der Waals surface area contributed by atoms with Crippen molar-refractivity contribution in [2.45, 2.75) is 66.1 Å². The monoisotopic (exact) mass is 410 g/mol. The third-order valence-electron chi connectivity index (χ3n) is 5.58. The molecule has 162 valence electrons. The third kappa shape index (κ3) is 6.34. The summed E-state index contributed by atoms with van der Waals surface area (Å²) >= 11 is 0. The lowest BCUT2D eigenvalue weighted by Crippen LogP contribution is -2.49. The van der Waals surface area contributed by atoms with E-state index in [-0.39, 0.29) is 24.3 Å². The van der Waals surface area contributed by atoms with Crippen LogP contribution in [0.2, 0.25) is 0 Å². The number of hydrogen-bond donors (Lipinski definition) is 1. The smallest absolute Gasteiger partial charge is 0.242 e. The molecule has 0 saturated heterocycles. The summed E-state index contributed by atoms with van der Waals surface area (Å²) in [4.78, 5) is 27.7. The average Bonchev–Trinajstić information content (AvgIpc) is 2.74. The first-order valence-electron chi connectivity index (χ1n) is 10.5. The lowest BCUT2D eigenvalue weighted by molar-refractivity contribution is -0.140. The van der Waals surface area contributed by atoms with Gasteiger partial charge in [-0.25, -0.2) is 0 Å². The van der Waals surface area contributed by atoms with Crippen LogP contribution in [0.4, 0.5) is 0 Å². The summed E-state index contributed by atoms with van der Waals surface area (Å²) in [6.07, 6.45) is 1.09. The van der Waals surface area contributed by atoms with Crippen LogP contribution >= 0.6 is 0 Å². The van der Waals surface area contributed by atoms with Gasteiger partial charge in [-0.2, -0.15) is 0 Å². The van der Waals surface area contributed by atoms with Crippen molar-refractivity contribution in [3.8, 4) is 5.75 Å². The number of methoxy groups -OCH3 is 1. The van der Waals surface area contributed by atoms with E-state index in [9.17, 15) is 9.59 Å². The molecule has 0 fully saturated rings. The van der Waals surface area contributed by atoms with Crippen LogP contribution in [-0.2, 0) is 22.6 Å². The maximum atomic E-state index is 13.3. The number of aryl methyl sites for hydroxylation is 2. The Kier molecular flexibility index (Phi) is 8.46. The second-order valence-corrected chi connectivity index (χ2v) is 7.96. The largest absolute Gasteiger partial charge is 0.497 e. The van der Waals surface area contributed by atoms with Gasteiger partial charge in [0.2, 0.25) is 11.8 Å². The number of nitrogens with zero attached hydrogens (tertiary/aromatic N) is 1. The zero-order valence-corrected chi connectivity index (χ0v) is 19.0. The van der Waals surface area contributed by atoms with E-state index in [0.29, 0.717) is 6.54 Å². The number of hydrogen-bond acceptors (Lipinski definition) is 3. The Morgan fingerprint density at radius 2 is 1.77 bits per heavy atom. The van der Waals surface area contributed by atoms with Gasteiger partial charge in [0, 0.05) is 12.6 Å². The number of nitrogens with one attached hydrogen (secondary N) is 1. The summed E-state index contributed by atoms with van der Waals surface area (Å²) in [7, 11) is 1.62. The van der Waals surface area contributed by atoms with Gasteiger partial charge in [0.1, 0.15) is 11.8 Å². The highest BCUT2D eigenvalue weighted by atomic mass is 16.5. The van der Waals surface area contributed by atoms with Gasteiger partial charge in [0.05, 0.1) is 13.5 Å². The summed E-state index contributed by atoms with van der Waals surface area (Å²) in [6.45, 7) is 10.2. The molecule has 2 amide bonds. The molecule has 0 aliphatic carbocycles. The number of carbonyl (C=O) groups excluding carboxylic acids is 2. The fourth-order valence-electron chi connectivity index (χ4n) is 3.21. The van der Waals surface area contributed by atoms with E-state index in [1.54, 1.807) is 18.9 Å². The lowest BCUT2D eigenvalue weighted by Gasteiger charge is -2.30. The van der Waals surface area contributed by atoms with Gasteiger partial charge in [-0.15, -0.1) is 0 Å². The van der Waals surface area contributed by atoms with Crippen LogP contribution in [0, 0.1) is 13.8 Å². The molecule has 0 aliphatic heterocycles. The first-order valence-corrected chi connectivity index (χ1v) is 10.5. The van der Waals surface area contributed by atoms with Gasteiger partial charge in [-0.1, -0.05) is 37.3 Å². The van der Waals surface area contributed by atoms with E-state index in [1.165, 1.54) is 5.56 Å². The standard InChI is InChI=1S/C25H34N2O3/c1-7-19(4)26-25(29)20(5)27(16-22-9-8-10-23(14-22)30-6)24(28)15-21-12-11-17(2)18(3)13-21/h8-14,19-20H,7,15-16H2,1-6H3,(H,26,29). The second-order valence-electron chi connectivity index (χ2n) is 7.96. The minimum absolute atomic E-state index is 0.0634. The van der Waals surface area contributed by atoms with E-state index in [1.807, 2.05) is 63.2 Å². The molecule has 2 unspecified atom stereocenters. The Hall–Kier alpha value is -2.82. The van der Waals surface area contributed by atoms with Crippen molar-refractivity contribution in [3.05, 3.63) is 64.7 Å². The molecule has 2 aromatic carbocycles. The van der Waals surface area contributed by atoms with E-state index in [4.69, 9.17) is 4.74 Å². The molecule has 2 aromatic rings. The Balaban J connectivity index is 2.27. The Morgan fingerprint density at radius 1 is 1.03 bits per heavy atom. The van der Waals surface area contributed by atoms with Crippen LogP contribution in [-0.4, -0.2) is 35.9 Å². The van der Waals surface area contributed by atoms with Crippen molar-refractivity contribution < 1.29 is 14.3 Å². The van der Waals surface area contributed by atoms with Crippen molar-refractivity contribution in [3.63, 3.8) is 0 Å². The predicted molar refractivity (Wildman–Crippen MR) is 121 cm³/mol. The molecule has 0 heterocycles. The molecule has 5 heteroatoms. The molecule has 0 bridgehead atoms. The van der Waals surface area contributed by atoms with Crippen LogP contribution in [0.25, 0.3) is 0 Å². The van der Waals surface area contributed by atoms with Gasteiger partial charge >= 0.3 is 0 Å². The van der Waals surface area contributed by atoms with Crippen LogP contribution in [0.5, 0.6) is 5.75 Å². The van der Waals surface area contributed by atoms with Crippen molar-refractivity contribution in [1.82, 2.24) is 10.2 Å². The van der Waals surface area contributed by atoms with Crippen molar-refractivity contribution in [2.24, 2.45) is 0 Å². The number of carbonyl (C=O) groups is 2. The fourth-order valence-corrected chi connectivity index (χ4v) is 3.21. The minimum Gasteiger partial charge on any atom is -0.497 e. The van der Waals surface area contributed by atoms with Crippen molar-refractivity contribution >= 4 is 11.8 Å². The average molecular weight is 411 g/mol. The van der Waals surface area contributed by atoms with E-state index in [0.717, 1.165) is 28.9 Å². The maximum Gasteiger partial charge on any atom is 0.242 e. The normalized spacial score (nSPS) is 12.7. The van der Waals surface area contributed by atoms with E-state index < -0.39 is 6.04 Å². The molecular formula is C25H34N2O3. The van der Waals surface area contributed by atoms with Crippen LogP contribution in [0.15, 0.2) is 42.5 Å². The summed E-state index contributed by atoms with van der Waals surface area (Å²) in [5, 5.41) is 3.00. The Bertz CT molecular complexity index is 878. The SMILES string of the molecule is CCC(C)NC(=O)C(C)N(Cc1cccc(OC)c1)C(=O)Cc1ccc(C)c(C)c1. The summed E-state index contributed by atoms with van der Waals surface area (Å²) in [5.41, 5.74) is 4.22. The van der Waals surface area contributed by atoms with Crippen LogP contribution in [0.3, 0.4) is 0 Å². The molecule has 0 aromatic heterocycles. The number of ether oxygens (including phenoxy) is 1. The molecule has 2 rings (SSSR count). The summed E-state index contributed by atoms with van der Waals surface area (Å²) in [5.74, 6) is 0.513. The molecule has 0 saturated carbocycles. The number of benzene rings is 2. The first-order chi connectivity index (χ1) is 14.2. The van der Waals surface area contributed by atoms with Crippen LogP contribution < -0.4 is 10.1 Å². The van der Waals surface area contributed by atoms with Crippen molar-refractivity contribution in [1.29, 1.82) is 0 Å². The summed E-state index contributed by atoms with van der Waals surface area (Å²) < 4.78 is 5.31. The molecule has 5 nitrogen and oxygen atoms in total. The van der Waals surface area contributed by atoms with Crippen LogP contribution in [0.1, 0.15) is 49.4 Å². The first kappa shape index (κ1) is 23.5. The molecule has 0 aliphatic rings. The van der Waals surface area contributed by atoms with Gasteiger partial charge in [-0.3, -0.25) is 9.59 Å². The number of rotatable bonds is 9. The van der Waals surface area contributed by atoms with E-state index in [2.05, 4.69) is 12.2 Å². The molecule has 1 N–H and O–H groups in total. The molecule has 0 spiro atoms. The summed E-state index contributed by atoms with van der Waals surface area (Å²) in [6, 6.07) is 13.1. The third-order valence-corrected chi connectivity index (χ3v) is 5.58. The van der Waals surface area contributed by atoms with Gasteiger partial charge < -0.3 is 15.0 Å². The second kappa shape index (κ2) is 10.8. The topological polar surface area (TPSA) is 58.6 Å². The number of amides is 2. The molecular weight excluding hydrogens is 376 g/mol. The molecule has 30 heavy (non-hydrogen) atoms. The fraction of sp³-hybridized carbons (Fsp3) is 0.440. The zero-order valence-electron chi connectivity index (χ0n) is 19.0. The molecule has 2 atom stereocenters. The highest BCUT2D eigenvalue weighted by molar-refractivity contribution is 5.88. The van der Waals surface area contributed by atoms with E-state index >= 15 is 0 Å². The predicted octanol–water partition coefficient (Wildman–Crippen LogP) is 4.19. The minimum atomic E-state index is -0.579. The lowest BCUT2D eigenvalue weighted by atomic mass is 10.0. The quantitative estimate of drug-likeness (QED) is 0.674. The highest BCUT2D eigenvalue weighted by Gasteiger charge is 2.27. The highest BCUT2D eigenvalue weighted by Crippen LogP contribution is 2.18. The van der Waals surface area contributed by atoms with Gasteiger partial charge in [0.15, 0.2) is 0 Å². The van der Waals surface area contributed by atoms with Gasteiger partial charge in [0.25, 0.3) is 0 Å². The van der Waals surface area contributed by atoms with Crippen molar-refractivity contribution in [2.75, 3.05) is 7.11 Å². The Labute approximate surface area is 180 Å². The van der Waals surface area contributed by atoms with Gasteiger partial charge in [-0.05, 0) is 68.5 Å².